The van der Waals surface area contributed by atoms with Gasteiger partial charge in [-0.3, -0.25) is 4.90 Å². The SMILES string of the molecule is Cl.Cl.c1ccc([C@@H]2C[C@H]2NCCN2CCNCC2)cc1. The molecule has 0 radical (unpaired) electrons. The monoisotopic (exact) mass is 317 g/mol. The van der Waals surface area contributed by atoms with E-state index in [4.69, 9.17) is 0 Å². The normalized spacial score (nSPS) is 25.4. The highest BCUT2D eigenvalue weighted by atomic mass is 35.5. The van der Waals surface area contributed by atoms with E-state index in [0.29, 0.717) is 0 Å². The van der Waals surface area contributed by atoms with Crippen LogP contribution in [0, 0.1) is 0 Å². The highest BCUT2D eigenvalue weighted by Gasteiger charge is 2.37. The second-order valence-electron chi connectivity index (χ2n) is 5.41. The Labute approximate surface area is 134 Å². The molecule has 1 aliphatic heterocycles. The lowest BCUT2D eigenvalue weighted by Gasteiger charge is -2.27. The first-order chi connectivity index (χ1) is 8.93. The quantitative estimate of drug-likeness (QED) is 0.868. The van der Waals surface area contributed by atoms with Gasteiger partial charge in [0.1, 0.15) is 0 Å². The molecule has 2 fully saturated rings. The molecule has 3 rings (SSSR count). The molecule has 1 saturated carbocycles. The highest BCUT2D eigenvalue weighted by molar-refractivity contribution is 5.85. The summed E-state index contributed by atoms with van der Waals surface area (Å²) in [5.74, 6) is 0.759. The van der Waals surface area contributed by atoms with Crippen LogP contribution >= 0.6 is 24.8 Å². The van der Waals surface area contributed by atoms with Crippen molar-refractivity contribution in [2.24, 2.45) is 0 Å². The summed E-state index contributed by atoms with van der Waals surface area (Å²) in [7, 11) is 0. The molecule has 0 unspecified atom stereocenters. The Hall–Kier alpha value is -0.320. The van der Waals surface area contributed by atoms with Crippen LogP contribution in [0.3, 0.4) is 0 Å². The first-order valence-electron chi connectivity index (χ1n) is 7.15. The second kappa shape index (κ2) is 8.85. The minimum Gasteiger partial charge on any atom is -0.314 e. The fourth-order valence-corrected chi connectivity index (χ4v) is 2.83. The Morgan fingerprint density at radius 1 is 1.10 bits per heavy atom. The standard InChI is InChI=1S/C15H23N3.2ClH/c1-2-4-13(5-3-1)14-12-15(14)17-8-11-18-9-6-16-7-10-18;;/h1-5,14-17H,6-12H2;2*1H/t14-,15+;;/m0../s1. The van der Waals surface area contributed by atoms with Crippen LogP contribution < -0.4 is 10.6 Å². The zero-order chi connectivity index (χ0) is 12.2. The van der Waals surface area contributed by atoms with E-state index in [2.05, 4.69) is 45.9 Å². The summed E-state index contributed by atoms with van der Waals surface area (Å²) in [6.45, 7) is 7.03. The summed E-state index contributed by atoms with van der Waals surface area (Å²) in [6.07, 6.45) is 1.31. The maximum Gasteiger partial charge on any atom is 0.0143 e. The third-order valence-electron chi connectivity index (χ3n) is 4.06. The second-order valence-corrected chi connectivity index (χ2v) is 5.41. The Morgan fingerprint density at radius 2 is 1.80 bits per heavy atom. The van der Waals surface area contributed by atoms with Gasteiger partial charge in [-0.2, -0.15) is 0 Å². The van der Waals surface area contributed by atoms with Gasteiger partial charge >= 0.3 is 0 Å². The summed E-state index contributed by atoms with van der Waals surface area (Å²) in [5.41, 5.74) is 1.50. The van der Waals surface area contributed by atoms with Crippen molar-refractivity contribution in [1.82, 2.24) is 15.5 Å². The molecule has 1 aromatic rings. The molecule has 0 bridgehead atoms. The van der Waals surface area contributed by atoms with Gasteiger partial charge in [0.25, 0.3) is 0 Å². The molecule has 2 aliphatic rings. The molecule has 5 heteroatoms. The Bertz CT molecular complexity index is 369. The molecular weight excluding hydrogens is 293 g/mol. The number of piperazine rings is 1. The van der Waals surface area contributed by atoms with E-state index in [0.717, 1.165) is 31.6 Å². The van der Waals surface area contributed by atoms with Gasteiger partial charge in [0.2, 0.25) is 0 Å². The van der Waals surface area contributed by atoms with Crippen LogP contribution in [0.4, 0.5) is 0 Å². The lowest BCUT2D eigenvalue weighted by molar-refractivity contribution is 0.241. The van der Waals surface area contributed by atoms with Crippen LogP contribution in [0.15, 0.2) is 30.3 Å². The first kappa shape index (κ1) is 17.7. The number of benzene rings is 1. The number of hydrogen-bond acceptors (Lipinski definition) is 3. The molecule has 0 aromatic heterocycles. The summed E-state index contributed by atoms with van der Waals surface area (Å²) < 4.78 is 0. The molecule has 114 valence electrons. The number of hydrogen-bond donors (Lipinski definition) is 2. The molecule has 1 heterocycles. The Morgan fingerprint density at radius 3 is 2.50 bits per heavy atom. The number of halogens is 2. The Balaban J connectivity index is 0.000001000. The van der Waals surface area contributed by atoms with Crippen LogP contribution in [0.5, 0.6) is 0 Å². The van der Waals surface area contributed by atoms with Crippen molar-refractivity contribution < 1.29 is 0 Å². The fraction of sp³-hybridized carbons (Fsp3) is 0.600. The van der Waals surface area contributed by atoms with Crippen LogP contribution in [0.2, 0.25) is 0 Å². The van der Waals surface area contributed by atoms with E-state index < -0.39 is 0 Å². The van der Waals surface area contributed by atoms with Crippen LogP contribution in [-0.4, -0.2) is 50.2 Å². The smallest absolute Gasteiger partial charge is 0.0143 e. The van der Waals surface area contributed by atoms with Gasteiger partial charge in [0.05, 0.1) is 0 Å². The average Bonchev–Trinajstić information content (AvgIpc) is 3.21. The molecule has 0 spiro atoms. The van der Waals surface area contributed by atoms with E-state index in [1.165, 1.54) is 31.6 Å². The van der Waals surface area contributed by atoms with Crippen molar-refractivity contribution in [3.8, 4) is 0 Å². The molecule has 1 aromatic carbocycles. The van der Waals surface area contributed by atoms with E-state index in [-0.39, 0.29) is 24.8 Å². The summed E-state index contributed by atoms with van der Waals surface area (Å²) in [4.78, 5) is 2.55. The van der Waals surface area contributed by atoms with Gasteiger partial charge in [-0.1, -0.05) is 30.3 Å². The molecule has 2 N–H and O–H groups in total. The summed E-state index contributed by atoms with van der Waals surface area (Å²) in [6, 6.07) is 11.6. The molecule has 3 nitrogen and oxygen atoms in total. The maximum atomic E-state index is 3.69. The zero-order valence-corrected chi connectivity index (χ0v) is 13.4. The van der Waals surface area contributed by atoms with E-state index in [9.17, 15) is 0 Å². The van der Waals surface area contributed by atoms with Crippen molar-refractivity contribution in [3.05, 3.63) is 35.9 Å². The van der Waals surface area contributed by atoms with Gasteiger partial charge in [0.15, 0.2) is 0 Å². The highest BCUT2D eigenvalue weighted by Crippen LogP contribution is 2.40. The van der Waals surface area contributed by atoms with Crippen molar-refractivity contribution in [3.63, 3.8) is 0 Å². The predicted molar refractivity (Wildman–Crippen MR) is 89.4 cm³/mol. The van der Waals surface area contributed by atoms with Crippen molar-refractivity contribution in [2.75, 3.05) is 39.3 Å². The van der Waals surface area contributed by atoms with Gasteiger partial charge in [-0.05, 0) is 12.0 Å². The van der Waals surface area contributed by atoms with Gasteiger partial charge in [-0.15, -0.1) is 24.8 Å². The topological polar surface area (TPSA) is 27.3 Å². The van der Waals surface area contributed by atoms with Gasteiger partial charge in [0, 0.05) is 51.2 Å². The van der Waals surface area contributed by atoms with Gasteiger partial charge in [-0.25, -0.2) is 0 Å². The number of nitrogens with one attached hydrogen (secondary N) is 2. The minimum absolute atomic E-state index is 0. The van der Waals surface area contributed by atoms with Crippen LogP contribution in [0.1, 0.15) is 17.9 Å². The summed E-state index contributed by atoms with van der Waals surface area (Å²) >= 11 is 0. The first-order valence-corrected chi connectivity index (χ1v) is 7.15. The van der Waals surface area contributed by atoms with Crippen LogP contribution in [0.25, 0.3) is 0 Å². The van der Waals surface area contributed by atoms with E-state index >= 15 is 0 Å². The fourth-order valence-electron chi connectivity index (χ4n) is 2.83. The molecule has 1 aliphatic carbocycles. The van der Waals surface area contributed by atoms with Gasteiger partial charge < -0.3 is 10.6 Å². The largest absolute Gasteiger partial charge is 0.314 e. The zero-order valence-electron chi connectivity index (χ0n) is 11.8. The minimum atomic E-state index is 0. The molecule has 2 atom stereocenters. The summed E-state index contributed by atoms with van der Waals surface area (Å²) in [5, 5.41) is 7.08. The molecule has 20 heavy (non-hydrogen) atoms. The molecule has 1 saturated heterocycles. The number of rotatable bonds is 5. The third kappa shape index (κ3) is 4.90. The van der Waals surface area contributed by atoms with Crippen molar-refractivity contribution in [2.45, 2.75) is 18.4 Å². The molecule has 0 amide bonds. The molecular formula is C15H25Cl2N3. The average molecular weight is 318 g/mol. The van der Waals surface area contributed by atoms with E-state index in [1.807, 2.05) is 0 Å². The Kier molecular flexibility index (Phi) is 7.85. The van der Waals surface area contributed by atoms with Crippen molar-refractivity contribution in [1.29, 1.82) is 0 Å². The maximum absolute atomic E-state index is 3.69. The van der Waals surface area contributed by atoms with Crippen LogP contribution in [-0.2, 0) is 0 Å². The lowest BCUT2D eigenvalue weighted by Crippen LogP contribution is -2.46. The predicted octanol–water partition coefficient (Wildman–Crippen LogP) is 1.88. The van der Waals surface area contributed by atoms with E-state index in [1.54, 1.807) is 0 Å². The lowest BCUT2D eigenvalue weighted by atomic mass is 10.1. The third-order valence-corrected chi connectivity index (χ3v) is 4.06. The number of nitrogens with zero attached hydrogens (tertiary/aromatic N) is 1. The van der Waals surface area contributed by atoms with Crippen molar-refractivity contribution >= 4 is 24.8 Å².